The van der Waals surface area contributed by atoms with E-state index in [1.54, 1.807) is 6.92 Å². The Bertz CT molecular complexity index is 412. The Morgan fingerprint density at radius 1 is 1.31 bits per heavy atom. The third kappa shape index (κ3) is 2.75. The summed E-state index contributed by atoms with van der Waals surface area (Å²) in [5, 5.41) is 11.2. The molecule has 1 heterocycles. The highest BCUT2D eigenvalue weighted by Gasteiger charge is 2.29. The molecule has 0 aromatic carbocycles. The molecular formula is C10H13N3O3. The number of carboxylic acids is 1. The topological polar surface area (TPSA) is 92.2 Å². The Labute approximate surface area is 92.7 Å². The SMILES string of the molecule is Cc1ncc(C(=O)NC(C)(C)C(=O)O)cn1. The lowest BCUT2D eigenvalue weighted by Crippen LogP contribution is -2.49. The van der Waals surface area contributed by atoms with Crippen molar-refractivity contribution in [1.82, 2.24) is 15.3 Å². The Morgan fingerprint density at radius 2 is 1.81 bits per heavy atom. The lowest BCUT2D eigenvalue weighted by atomic mass is 10.1. The molecule has 0 unspecified atom stereocenters. The molecule has 1 aromatic heterocycles. The van der Waals surface area contributed by atoms with Crippen LogP contribution in [-0.2, 0) is 4.79 Å². The average molecular weight is 223 g/mol. The number of hydrogen-bond acceptors (Lipinski definition) is 4. The third-order valence-electron chi connectivity index (χ3n) is 2.00. The second kappa shape index (κ2) is 4.26. The van der Waals surface area contributed by atoms with Gasteiger partial charge in [-0.15, -0.1) is 0 Å². The monoisotopic (exact) mass is 223 g/mol. The molecule has 0 atom stereocenters. The first-order valence-corrected chi connectivity index (χ1v) is 4.67. The highest BCUT2D eigenvalue weighted by atomic mass is 16.4. The predicted octanol–water partition coefficient (Wildman–Crippen LogP) is 0.378. The van der Waals surface area contributed by atoms with Crippen molar-refractivity contribution in [3.8, 4) is 0 Å². The zero-order valence-corrected chi connectivity index (χ0v) is 9.31. The van der Waals surface area contributed by atoms with Gasteiger partial charge in [-0.25, -0.2) is 14.8 Å². The van der Waals surface area contributed by atoms with E-state index in [1.807, 2.05) is 0 Å². The van der Waals surface area contributed by atoms with Crippen LogP contribution in [0.1, 0.15) is 30.0 Å². The van der Waals surface area contributed by atoms with Crippen molar-refractivity contribution >= 4 is 11.9 Å². The summed E-state index contributed by atoms with van der Waals surface area (Å²) in [4.78, 5) is 30.1. The number of nitrogens with zero attached hydrogens (tertiary/aromatic N) is 2. The number of hydrogen-bond donors (Lipinski definition) is 2. The molecule has 0 radical (unpaired) electrons. The number of carbonyl (C=O) groups is 2. The number of amides is 1. The standard InChI is InChI=1S/C10H13N3O3/c1-6-11-4-7(5-12-6)8(14)13-10(2,3)9(15)16/h4-5H,1-3H3,(H,13,14)(H,15,16). The van der Waals surface area contributed by atoms with E-state index < -0.39 is 17.4 Å². The lowest BCUT2D eigenvalue weighted by Gasteiger charge is -2.20. The number of aryl methyl sites for hydroxylation is 1. The minimum absolute atomic E-state index is 0.236. The van der Waals surface area contributed by atoms with Crippen LogP contribution in [0.3, 0.4) is 0 Å². The minimum atomic E-state index is -1.32. The van der Waals surface area contributed by atoms with Gasteiger partial charge in [-0.05, 0) is 20.8 Å². The van der Waals surface area contributed by atoms with Gasteiger partial charge in [-0.3, -0.25) is 4.79 Å². The Kier molecular flexibility index (Phi) is 3.22. The van der Waals surface area contributed by atoms with Crippen molar-refractivity contribution in [2.24, 2.45) is 0 Å². The molecule has 1 rings (SSSR count). The molecule has 0 fully saturated rings. The van der Waals surface area contributed by atoms with E-state index in [2.05, 4.69) is 15.3 Å². The number of carbonyl (C=O) groups excluding carboxylic acids is 1. The van der Waals surface area contributed by atoms with Crippen LogP contribution in [0.2, 0.25) is 0 Å². The van der Waals surface area contributed by atoms with Crippen molar-refractivity contribution in [1.29, 1.82) is 0 Å². The number of carboxylic acid groups (broad SMARTS) is 1. The summed E-state index contributed by atoms with van der Waals surface area (Å²) in [5.74, 6) is -1.06. The Morgan fingerprint density at radius 3 is 2.25 bits per heavy atom. The van der Waals surface area contributed by atoms with Crippen LogP contribution in [0.15, 0.2) is 12.4 Å². The lowest BCUT2D eigenvalue weighted by molar-refractivity contribution is -0.143. The quantitative estimate of drug-likeness (QED) is 0.772. The van der Waals surface area contributed by atoms with Gasteiger partial charge in [0.1, 0.15) is 11.4 Å². The van der Waals surface area contributed by atoms with E-state index in [-0.39, 0.29) is 5.56 Å². The van der Waals surface area contributed by atoms with Crippen LogP contribution in [0.5, 0.6) is 0 Å². The maximum atomic E-state index is 11.6. The van der Waals surface area contributed by atoms with E-state index in [0.717, 1.165) is 0 Å². The first-order chi connectivity index (χ1) is 7.33. The van der Waals surface area contributed by atoms with Crippen LogP contribution in [0, 0.1) is 6.92 Å². The summed E-state index contributed by atoms with van der Waals surface area (Å²) in [6, 6.07) is 0. The number of aliphatic carboxylic acids is 1. The summed E-state index contributed by atoms with van der Waals surface area (Å²) in [6.07, 6.45) is 2.71. The van der Waals surface area contributed by atoms with Gasteiger partial charge in [-0.1, -0.05) is 0 Å². The van der Waals surface area contributed by atoms with Gasteiger partial charge in [0, 0.05) is 12.4 Å². The van der Waals surface area contributed by atoms with Crippen LogP contribution in [0.25, 0.3) is 0 Å². The molecule has 16 heavy (non-hydrogen) atoms. The molecule has 0 aliphatic heterocycles. The zero-order chi connectivity index (χ0) is 12.3. The Balaban J connectivity index is 2.81. The molecule has 0 saturated heterocycles. The van der Waals surface area contributed by atoms with Gasteiger partial charge < -0.3 is 10.4 Å². The van der Waals surface area contributed by atoms with Gasteiger partial charge in [0.25, 0.3) is 5.91 Å². The van der Waals surface area contributed by atoms with Crippen LogP contribution in [0.4, 0.5) is 0 Å². The molecule has 2 N–H and O–H groups in total. The first-order valence-electron chi connectivity index (χ1n) is 4.67. The fourth-order valence-corrected chi connectivity index (χ4v) is 0.919. The van der Waals surface area contributed by atoms with Crippen LogP contribution in [-0.4, -0.2) is 32.5 Å². The molecule has 0 bridgehead atoms. The average Bonchev–Trinajstić information content (AvgIpc) is 2.17. The molecule has 0 saturated carbocycles. The van der Waals surface area contributed by atoms with Crippen molar-refractivity contribution < 1.29 is 14.7 Å². The van der Waals surface area contributed by atoms with Gasteiger partial charge >= 0.3 is 5.97 Å². The van der Waals surface area contributed by atoms with Gasteiger partial charge in [0.2, 0.25) is 0 Å². The molecule has 0 aliphatic carbocycles. The molecule has 6 heteroatoms. The van der Waals surface area contributed by atoms with E-state index >= 15 is 0 Å². The largest absolute Gasteiger partial charge is 0.480 e. The predicted molar refractivity (Wildman–Crippen MR) is 56.0 cm³/mol. The highest BCUT2D eigenvalue weighted by Crippen LogP contribution is 2.04. The molecule has 1 amide bonds. The smallest absolute Gasteiger partial charge is 0.328 e. The molecule has 0 aliphatic rings. The second-order valence-corrected chi connectivity index (χ2v) is 3.90. The third-order valence-corrected chi connectivity index (χ3v) is 2.00. The summed E-state index contributed by atoms with van der Waals surface area (Å²) < 4.78 is 0. The van der Waals surface area contributed by atoms with E-state index in [0.29, 0.717) is 5.82 Å². The summed E-state index contributed by atoms with van der Waals surface area (Å²) in [6.45, 7) is 4.51. The number of nitrogens with one attached hydrogen (secondary N) is 1. The van der Waals surface area contributed by atoms with Gasteiger partial charge in [-0.2, -0.15) is 0 Å². The van der Waals surface area contributed by atoms with Gasteiger partial charge in [0.15, 0.2) is 0 Å². The van der Waals surface area contributed by atoms with E-state index in [4.69, 9.17) is 5.11 Å². The van der Waals surface area contributed by atoms with Crippen molar-refractivity contribution in [3.05, 3.63) is 23.8 Å². The summed E-state index contributed by atoms with van der Waals surface area (Å²) >= 11 is 0. The molecule has 1 aromatic rings. The number of aromatic nitrogens is 2. The normalized spacial score (nSPS) is 10.9. The maximum absolute atomic E-state index is 11.6. The van der Waals surface area contributed by atoms with Gasteiger partial charge in [0.05, 0.1) is 5.56 Å². The van der Waals surface area contributed by atoms with Crippen molar-refractivity contribution in [2.75, 3.05) is 0 Å². The van der Waals surface area contributed by atoms with E-state index in [9.17, 15) is 9.59 Å². The van der Waals surface area contributed by atoms with Crippen LogP contribution < -0.4 is 5.32 Å². The summed E-state index contributed by atoms with van der Waals surface area (Å²) in [7, 11) is 0. The Hall–Kier alpha value is -1.98. The first kappa shape index (κ1) is 12.1. The van der Waals surface area contributed by atoms with E-state index in [1.165, 1.54) is 26.2 Å². The minimum Gasteiger partial charge on any atom is -0.480 e. The fraction of sp³-hybridized carbons (Fsp3) is 0.400. The molecule has 0 spiro atoms. The molecule has 6 nitrogen and oxygen atoms in total. The molecule has 86 valence electrons. The fourth-order valence-electron chi connectivity index (χ4n) is 0.919. The van der Waals surface area contributed by atoms with Crippen molar-refractivity contribution in [2.45, 2.75) is 26.3 Å². The van der Waals surface area contributed by atoms with Crippen molar-refractivity contribution in [3.63, 3.8) is 0 Å². The van der Waals surface area contributed by atoms with Crippen LogP contribution >= 0.6 is 0 Å². The molecular weight excluding hydrogens is 210 g/mol. The second-order valence-electron chi connectivity index (χ2n) is 3.90. The summed E-state index contributed by atoms with van der Waals surface area (Å²) in [5.41, 5.74) is -1.08. The maximum Gasteiger partial charge on any atom is 0.328 e. The zero-order valence-electron chi connectivity index (χ0n) is 9.31. The highest BCUT2D eigenvalue weighted by molar-refractivity contribution is 5.97. The number of rotatable bonds is 3.